The van der Waals surface area contributed by atoms with E-state index in [0.29, 0.717) is 30.4 Å². The highest BCUT2D eigenvalue weighted by molar-refractivity contribution is 5.94. The van der Waals surface area contributed by atoms with E-state index in [4.69, 9.17) is 4.98 Å². The van der Waals surface area contributed by atoms with Crippen molar-refractivity contribution < 1.29 is 9.59 Å². The van der Waals surface area contributed by atoms with Gasteiger partial charge in [0, 0.05) is 38.0 Å². The average Bonchev–Trinajstić information content (AvgIpc) is 3.37. The highest BCUT2D eigenvalue weighted by atomic mass is 16.2. The van der Waals surface area contributed by atoms with Crippen LogP contribution in [-0.2, 0) is 17.8 Å². The summed E-state index contributed by atoms with van der Waals surface area (Å²) in [4.78, 5) is 32.4. The molecule has 0 spiro atoms. The molecular weight excluding hydrogens is 352 g/mol. The highest BCUT2D eigenvalue weighted by Gasteiger charge is 2.43. The first-order valence-electron chi connectivity index (χ1n) is 10.3. The van der Waals surface area contributed by atoms with E-state index in [1.54, 1.807) is 7.05 Å². The molecule has 0 radical (unpaired) electrons. The third-order valence-corrected chi connectivity index (χ3v) is 6.44. The Morgan fingerprint density at radius 2 is 1.86 bits per heavy atom. The van der Waals surface area contributed by atoms with E-state index in [9.17, 15) is 9.59 Å². The molecule has 1 saturated carbocycles. The molecule has 28 heavy (non-hydrogen) atoms. The minimum Gasteiger partial charge on any atom is -0.354 e. The molecule has 1 N–H and O–H groups in total. The zero-order valence-electron chi connectivity index (χ0n) is 16.2. The molecule has 0 unspecified atom stereocenters. The van der Waals surface area contributed by atoms with Crippen molar-refractivity contribution in [2.45, 2.75) is 57.2 Å². The number of carbonyl (C=O) groups excluding carboxylic acids is 2. The molecule has 1 saturated heterocycles. The van der Waals surface area contributed by atoms with Crippen molar-refractivity contribution in [1.29, 1.82) is 0 Å². The lowest BCUT2D eigenvalue weighted by Crippen LogP contribution is -2.42. The van der Waals surface area contributed by atoms with Gasteiger partial charge in [0.15, 0.2) is 0 Å². The van der Waals surface area contributed by atoms with Crippen LogP contribution in [0.2, 0.25) is 0 Å². The van der Waals surface area contributed by atoms with Crippen molar-refractivity contribution in [3.63, 3.8) is 0 Å². The lowest BCUT2D eigenvalue weighted by atomic mass is 10.0. The number of fused-ring (bicyclic) bond motifs is 3. The van der Waals surface area contributed by atoms with Crippen LogP contribution >= 0.6 is 0 Å². The Balaban J connectivity index is 1.55. The van der Waals surface area contributed by atoms with E-state index in [1.165, 1.54) is 12.8 Å². The van der Waals surface area contributed by atoms with Crippen LogP contribution in [0.5, 0.6) is 0 Å². The maximum absolute atomic E-state index is 13.0. The third kappa shape index (κ3) is 2.91. The van der Waals surface area contributed by atoms with E-state index in [1.807, 2.05) is 30.3 Å². The first kappa shape index (κ1) is 17.5. The quantitative estimate of drug-likeness (QED) is 0.889. The zero-order chi connectivity index (χ0) is 19.3. The summed E-state index contributed by atoms with van der Waals surface area (Å²) >= 11 is 0. The predicted molar refractivity (Wildman–Crippen MR) is 106 cm³/mol. The molecule has 2 aliphatic heterocycles. The summed E-state index contributed by atoms with van der Waals surface area (Å²) in [5.41, 5.74) is 2.48. The maximum Gasteiger partial charge on any atom is 0.271 e. The van der Waals surface area contributed by atoms with Gasteiger partial charge in [0.2, 0.25) is 5.91 Å². The zero-order valence-corrected chi connectivity index (χ0v) is 16.2. The molecule has 146 valence electrons. The van der Waals surface area contributed by atoms with Gasteiger partial charge in [0.1, 0.15) is 11.5 Å². The van der Waals surface area contributed by atoms with Crippen molar-refractivity contribution in [3.8, 4) is 11.4 Å². The topological polar surface area (TPSA) is 67.2 Å². The highest BCUT2D eigenvalue weighted by Crippen LogP contribution is 2.38. The van der Waals surface area contributed by atoms with Crippen molar-refractivity contribution in [3.05, 3.63) is 41.7 Å². The fraction of sp³-hybridized carbons (Fsp3) is 0.500. The van der Waals surface area contributed by atoms with Gasteiger partial charge in [-0.25, -0.2) is 4.98 Å². The molecule has 6 heteroatoms. The number of hydrogen-bond acceptors (Lipinski definition) is 3. The van der Waals surface area contributed by atoms with Crippen molar-refractivity contribution in [2.24, 2.45) is 5.92 Å². The molecule has 1 aromatic heterocycles. The second kappa shape index (κ2) is 6.76. The van der Waals surface area contributed by atoms with Gasteiger partial charge in [-0.2, -0.15) is 0 Å². The molecular formula is C22H26N4O2. The summed E-state index contributed by atoms with van der Waals surface area (Å²) in [5, 5.41) is 2.73. The minimum absolute atomic E-state index is 0.153. The number of nitrogens with one attached hydrogen (secondary N) is 1. The Labute approximate surface area is 164 Å². The van der Waals surface area contributed by atoms with Gasteiger partial charge in [-0.3, -0.25) is 9.59 Å². The predicted octanol–water partition coefficient (Wildman–Crippen LogP) is 2.63. The summed E-state index contributed by atoms with van der Waals surface area (Å²) in [7, 11) is 1.64. The molecule has 2 aromatic rings. The minimum atomic E-state index is -0.153. The number of benzene rings is 1. The largest absolute Gasteiger partial charge is 0.354 e. The smallest absolute Gasteiger partial charge is 0.271 e. The van der Waals surface area contributed by atoms with Crippen LogP contribution in [0.4, 0.5) is 0 Å². The summed E-state index contributed by atoms with van der Waals surface area (Å²) in [6, 6.07) is 10.4. The van der Waals surface area contributed by atoms with Crippen LogP contribution in [0.3, 0.4) is 0 Å². The average molecular weight is 378 g/mol. The maximum atomic E-state index is 13.0. The standard InChI is InChI=1S/C22H26N4O2/c1-23-22(28)20-18-12-16-9-10-17(26(16)19(27)11-14-7-8-14)13-25(18)21(24-20)15-5-3-2-4-6-15/h2-6,14,16-17H,7-13H2,1H3,(H,23,28)/t16-,17+/m0/s1. The third-order valence-electron chi connectivity index (χ3n) is 6.44. The molecule has 3 heterocycles. The molecule has 1 aromatic carbocycles. The van der Waals surface area contributed by atoms with Gasteiger partial charge in [-0.15, -0.1) is 0 Å². The Kier molecular flexibility index (Phi) is 4.22. The molecule has 2 fully saturated rings. The van der Waals surface area contributed by atoms with Crippen LogP contribution in [-0.4, -0.2) is 45.4 Å². The van der Waals surface area contributed by atoms with Crippen LogP contribution < -0.4 is 5.32 Å². The van der Waals surface area contributed by atoms with Crippen LogP contribution in [0.1, 0.15) is 48.3 Å². The molecule has 3 aliphatic rings. The molecule has 6 nitrogen and oxygen atoms in total. The number of rotatable bonds is 4. The van der Waals surface area contributed by atoms with E-state index in [-0.39, 0.29) is 18.0 Å². The van der Waals surface area contributed by atoms with Crippen LogP contribution in [0.25, 0.3) is 11.4 Å². The first-order chi connectivity index (χ1) is 13.7. The summed E-state index contributed by atoms with van der Waals surface area (Å²) < 4.78 is 2.20. The van der Waals surface area contributed by atoms with Crippen LogP contribution in [0, 0.1) is 5.92 Å². The number of imidazole rings is 1. The lowest BCUT2D eigenvalue weighted by Gasteiger charge is -2.28. The summed E-state index contributed by atoms with van der Waals surface area (Å²) in [5.74, 6) is 1.57. The Bertz CT molecular complexity index is 916. The summed E-state index contributed by atoms with van der Waals surface area (Å²) in [6.07, 6.45) is 5.82. The number of nitrogens with zero attached hydrogens (tertiary/aromatic N) is 3. The number of aromatic nitrogens is 2. The fourth-order valence-corrected chi connectivity index (χ4v) is 4.85. The van der Waals surface area contributed by atoms with Gasteiger partial charge >= 0.3 is 0 Å². The normalized spacial score (nSPS) is 23.2. The van der Waals surface area contributed by atoms with E-state index in [2.05, 4.69) is 14.8 Å². The summed E-state index contributed by atoms with van der Waals surface area (Å²) in [6.45, 7) is 0.719. The Hall–Kier alpha value is -2.63. The fourth-order valence-electron chi connectivity index (χ4n) is 4.85. The Morgan fingerprint density at radius 1 is 1.11 bits per heavy atom. The van der Waals surface area contributed by atoms with E-state index >= 15 is 0 Å². The lowest BCUT2D eigenvalue weighted by molar-refractivity contribution is -0.134. The van der Waals surface area contributed by atoms with Gasteiger partial charge in [-0.05, 0) is 31.6 Å². The number of hydrogen-bond donors (Lipinski definition) is 1. The first-order valence-corrected chi connectivity index (χ1v) is 10.3. The van der Waals surface area contributed by atoms with E-state index < -0.39 is 0 Å². The molecule has 5 rings (SSSR count). The van der Waals surface area contributed by atoms with Crippen molar-refractivity contribution in [1.82, 2.24) is 19.8 Å². The molecule has 2 amide bonds. The van der Waals surface area contributed by atoms with E-state index in [0.717, 1.165) is 36.5 Å². The molecule has 2 bridgehead atoms. The van der Waals surface area contributed by atoms with Gasteiger partial charge < -0.3 is 14.8 Å². The second-order valence-corrected chi connectivity index (χ2v) is 8.32. The molecule has 2 atom stereocenters. The number of carbonyl (C=O) groups is 2. The van der Waals surface area contributed by atoms with Gasteiger partial charge in [-0.1, -0.05) is 30.3 Å². The van der Waals surface area contributed by atoms with Gasteiger partial charge in [0.25, 0.3) is 5.91 Å². The second-order valence-electron chi connectivity index (χ2n) is 8.32. The molecule has 1 aliphatic carbocycles. The SMILES string of the molecule is CNC(=O)c1nc(-c2ccccc2)n2c1C[C@@H]1CC[C@H](C2)N1C(=O)CC1CC1. The van der Waals surface area contributed by atoms with Crippen LogP contribution in [0.15, 0.2) is 30.3 Å². The van der Waals surface area contributed by atoms with Crippen molar-refractivity contribution >= 4 is 11.8 Å². The Morgan fingerprint density at radius 3 is 2.57 bits per heavy atom. The van der Waals surface area contributed by atoms with Crippen molar-refractivity contribution in [2.75, 3.05) is 7.05 Å². The monoisotopic (exact) mass is 378 g/mol. The van der Waals surface area contributed by atoms with Gasteiger partial charge in [0.05, 0.1) is 11.7 Å². The number of amides is 2.